The van der Waals surface area contributed by atoms with Gasteiger partial charge in [-0.15, -0.1) is 11.3 Å². The van der Waals surface area contributed by atoms with Crippen LogP contribution in [0, 0.1) is 0 Å². The molecule has 0 aromatic carbocycles. The SMILES string of the molecule is CC1(C(=O)N2CCCN(Cc3cccs3)CC2)CCCCO1. The van der Waals surface area contributed by atoms with Crippen molar-refractivity contribution in [3.8, 4) is 0 Å². The lowest BCUT2D eigenvalue weighted by atomic mass is 9.94. The van der Waals surface area contributed by atoms with Crippen molar-refractivity contribution in [1.82, 2.24) is 9.80 Å². The monoisotopic (exact) mass is 322 g/mol. The Morgan fingerprint density at radius 2 is 2.18 bits per heavy atom. The molecule has 0 spiro atoms. The number of rotatable bonds is 3. The first-order valence-electron chi connectivity index (χ1n) is 8.35. The van der Waals surface area contributed by atoms with Crippen LogP contribution in [-0.2, 0) is 16.1 Å². The highest BCUT2D eigenvalue weighted by Gasteiger charge is 2.39. The van der Waals surface area contributed by atoms with E-state index in [-0.39, 0.29) is 5.91 Å². The number of amides is 1. The molecule has 22 heavy (non-hydrogen) atoms. The molecule has 1 unspecified atom stereocenters. The van der Waals surface area contributed by atoms with Gasteiger partial charge in [0.15, 0.2) is 0 Å². The molecule has 0 radical (unpaired) electrons. The van der Waals surface area contributed by atoms with Gasteiger partial charge in [0.25, 0.3) is 5.91 Å². The maximum absolute atomic E-state index is 12.8. The van der Waals surface area contributed by atoms with Crippen LogP contribution in [0.25, 0.3) is 0 Å². The molecule has 2 fully saturated rings. The topological polar surface area (TPSA) is 32.8 Å². The summed E-state index contributed by atoms with van der Waals surface area (Å²) in [5.74, 6) is 0.199. The molecule has 2 aliphatic rings. The van der Waals surface area contributed by atoms with Gasteiger partial charge in [-0.3, -0.25) is 9.69 Å². The van der Waals surface area contributed by atoms with Crippen molar-refractivity contribution in [2.24, 2.45) is 0 Å². The molecule has 1 aromatic heterocycles. The fourth-order valence-electron chi connectivity index (χ4n) is 3.39. The maximum atomic E-state index is 12.8. The zero-order chi connectivity index (χ0) is 15.4. The summed E-state index contributed by atoms with van der Waals surface area (Å²) in [6, 6.07) is 4.30. The van der Waals surface area contributed by atoms with Crippen LogP contribution in [0.3, 0.4) is 0 Å². The van der Waals surface area contributed by atoms with E-state index in [2.05, 4.69) is 22.4 Å². The van der Waals surface area contributed by atoms with Crippen LogP contribution in [0.5, 0.6) is 0 Å². The Kier molecular flexibility index (Phi) is 5.16. The highest BCUT2D eigenvalue weighted by atomic mass is 32.1. The molecule has 2 saturated heterocycles. The minimum atomic E-state index is -0.582. The van der Waals surface area contributed by atoms with Gasteiger partial charge in [0, 0.05) is 44.2 Å². The van der Waals surface area contributed by atoms with E-state index in [9.17, 15) is 4.79 Å². The van der Waals surface area contributed by atoms with Gasteiger partial charge in [0.2, 0.25) is 0 Å². The van der Waals surface area contributed by atoms with Gasteiger partial charge < -0.3 is 9.64 Å². The van der Waals surface area contributed by atoms with Crippen molar-refractivity contribution in [3.63, 3.8) is 0 Å². The Hall–Kier alpha value is -0.910. The molecule has 0 aliphatic carbocycles. The van der Waals surface area contributed by atoms with Gasteiger partial charge in [-0.05, 0) is 44.1 Å². The van der Waals surface area contributed by atoms with E-state index >= 15 is 0 Å². The number of carbonyl (C=O) groups excluding carboxylic acids is 1. The number of ether oxygens (including phenoxy) is 1. The van der Waals surface area contributed by atoms with Crippen molar-refractivity contribution in [2.45, 2.75) is 44.8 Å². The Balaban J connectivity index is 1.56. The second kappa shape index (κ2) is 7.11. The third-order valence-electron chi connectivity index (χ3n) is 4.76. The fraction of sp³-hybridized carbons (Fsp3) is 0.706. The molecule has 1 amide bonds. The van der Waals surface area contributed by atoms with Crippen LogP contribution in [0.15, 0.2) is 17.5 Å². The highest BCUT2D eigenvalue weighted by molar-refractivity contribution is 7.09. The predicted octanol–water partition coefficient (Wildman–Crippen LogP) is 2.74. The normalized spacial score (nSPS) is 27.6. The van der Waals surface area contributed by atoms with Crippen LogP contribution in [0.4, 0.5) is 0 Å². The fourth-order valence-corrected chi connectivity index (χ4v) is 4.14. The van der Waals surface area contributed by atoms with E-state index in [4.69, 9.17) is 4.74 Å². The molecule has 4 nitrogen and oxygen atoms in total. The third kappa shape index (κ3) is 3.70. The zero-order valence-electron chi connectivity index (χ0n) is 13.4. The second-order valence-electron chi connectivity index (χ2n) is 6.54. The Bertz CT molecular complexity index is 483. The molecular formula is C17H26N2O2S. The van der Waals surface area contributed by atoms with Crippen LogP contribution >= 0.6 is 11.3 Å². The summed E-state index contributed by atoms with van der Waals surface area (Å²) in [6.07, 6.45) is 4.09. The van der Waals surface area contributed by atoms with Gasteiger partial charge >= 0.3 is 0 Å². The Labute approximate surface area is 137 Å². The molecule has 1 aromatic rings. The number of hydrogen-bond donors (Lipinski definition) is 0. The Morgan fingerprint density at radius 1 is 1.27 bits per heavy atom. The van der Waals surface area contributed by atoms with E-state index in [0.29, 0.717) is 0 Å². The first kappa shape index (κ1) is 16.0. The van der Waals surface area contributed by atoms with Crippen molar-refractivity contribution in [1.29, 1.82) is 0 Å². The Morgan fingerprint density at radius 3 is 2.91 bits per heavy atom. The summed E-state index contributed by atoms with van der Waals surface area (Å²) in [6.45, 7) is 7.41. The lowest BCUT2D eigenvalue weighted by Gasteiger charge is -2.36. The van der Waals surface area contributed by atoms with Gasteiger partial charge in [-0.1, -0.05) is 6.07 Å². The average Bonchev–Trinajstić information content (AvgIpc) is 2.92. The summed E-state index contributed by atoms with van der Waals surface area (Å²) < 4.78 is 5.83. The summed E-state index contributed by atoms with van der Waals surface area (Å²) in [5, 5.41) is 2.13. The molecule has 5 heteroatoms. The standard InChI is InChI=1S/C17H26N2O2S/c1-17(7-2-3-12-21-17)16(20)19-9-5-8-18(10-11-19)14-15-6-4-13-22-15/h4,6,13H,2-3,5,7-12,14H2,1H3. The smallest absolute Gasteiger partial charge is 0.254 e. The van der Waals surface area contributed by atoms with Crippen molar-refractivity contribution < 1.29 is 9.53 Å². The first-order chi connectivity index (χ1) is 10.7. The predicted molar refractivity (Wildman–Crippen MR) is 89.0 cm³/mol. The van der Waals surface area contributed by atoms with E-state index in [1.54, 1.807) is 0 Å². The van der Waals surface area contributed by atoms with Crippen molar-refractivity contribution in [3.05, 3.63) is 22.4 Å². The number of nitrogens with zero attached hydrogens (tertiary/aromatic N) is 2. The lowest BCUT2D eigenvalue weighted by Crippen LogP contribution is -2.51. The minimum absolute atomic E-state index is 0.199. The van der Waals surface area contributed by atoms with Crippen molar-refractivity contribution >= 4 is 17.2 Å². The summed E-state index contributed by atoms with van der Waals surface area (Å²) in [4.78, 5) is 18.7. The average molecular weight is 322 g/mol. The van der Waals surface area contributed by atoms with E-state index in [1.165, 1.54) is 4.88 Å². The molecule has 3 heterocycles. The summed E-state index contributed by atoms with van der Waals surface area (Å²) in [5.41, 5.74) is -0.582. The quantitative estimate of drug-likeness (QED) is 0.858. The van der Waals surface area contributed by atoms with Gasteiger partial charge in [0.1, 0.15) is 5.60 Å². The molecule has 122 valence electrons. The molecule has 2 aliphatic heterocycles. The van der Waals surface area contributed by atoms with Crippen LogP contribution < -0.4 is 0 Å². The number of hydrogen-bond acceptors (Lipinski definition) is 4. The van der Waals surface area contributed by atoms with Crippen LogP contribution in [0.1, 0.15) is 37.5 Å². The third-order valence-corrected chi connectivity index (χ3v) is 5.62. The number of carbonyl (C=O) groups is 1. The first-order valence-corrected chi connectivity index (χ1v) is 9.23. The summed E-state index contributed by atoms with van der Waals surface area (Å²) in [7, 11) is 0. The lowest BCUT2D eigenvalue weighted by molar-refractivity contribution is -0.161. The second-order valence-corrected chi connectivity index (χ2v) is 7.57. The van der Waals surface area contributed by atoms with E-state index in [0.717, 1.165) is 65.0 Å². The van der Waals surface area contributed by atoms with Crippen LogP contribution in [-0.4, -0.2) is 54.1 Å². The molecule has 0 N–H and O–H groups in total. The van der Waals surface area contributed by atoms with Crippen molar-refractivity contribution in [2.75, 3.05) is 32.8 Å². The van der Waals surface area contributed by atoms with Gasteiger partial charge in [0.05, 0.1) is 0 Å². The molecular weight excluding hydrogens is 296 g/mol. The van der Waals surface area contributed by atoms with E-state index in [1.807, 2.05) is 23.2 Å². The largest absolute Gasteiger partial charge is 0.365 e. The van der Waals surface area contributed by atoms with Gasteiger partial charge in [-0.2, -0.15) is 0 Å². The minimum Gasteiger partial charge on any atom is -0.365 e. The molecule has 3 rings (SSSR count). The molecule has 1 atom stereocenters. The van der Waals surface area contributed by atoms with Crippen LogP contribution in [0.2, 0.25) is 0 Å². The zero-order valence-corrected chi connectivity index (χ0v) is 14.2. The van der Waals surface area contributed by atoms with E-state index < -0.39 is 5.60 Å². The summed E-state index contributed by atoms with van der Waals surface area (Å²) >= 11 is 1.81. The maximum Gasteiger partial charge on any atom is 0.254 e. The number of thiophene rings is 1. The van der Waals surface area contributed by atoms with Gasteiger partial charge in [-0.25, -0.2) is 0 Å². The highest BCUT2D eigenvalue weighted by Crippen LogP contribution is 2.27. The molecule has 0 saturated carbocycles. The molecule has 0 bridgehead atoms.